The van der Waals surface area contributed by atoms with Crippen LogP contribution in [0.25, 0.3) is 0 Å². The molecule has 2 atom stereocenters. The minimum atomic E-state index is -4.33. The lowest BCUT2D eigenvalue weighted by Crippen LogP contribution is -2.59. The fraction of sp³-hybridized carbons (Fsp3) is 0.600. The van der Waals surface area contributed by atoms with Crippen molar-refractivity contribution in [2.45, 2.75) is 56.3 Å². The van der Waals surface area contributed by atoms with Crippen LogP contribution in [0.3, 0.4) is 0 Å². The van der Waals surface area contributed by atoms with Crippen molar-refractivity contribution in [2.75, 3.05) is 13.2 Å². The standard InChI is InChI=1S/C20H23F3N2O3/c1-12-8-14(13-2-4-16(5-3-13)20(21,22)23)6-7-25(12)17(26)15-9-19(10-15)11-28-18(27)24-19/h2-5,12,14-15H,6-11H2,1H3,(H,24,27)/t12-,14-,15?,19?/m1/s1. The summed E-state index contributed by atoms with van der Waals surface area (Å²) in [5.74, 6) is 0.147. The van der Waals surface area contributed by atoms with Crippen molar-refractivity contribution in [2.24, 2.45) is 5.92 Å². The van der Waals surface area contributed by atoms with Gasteiger partial charge in [0.05, 0.1) is 11.1 Å². The Balaban J connectivity index is 1.34. The molecule has 152 valence electrons. The Morgan fingerprint density at radius 2 is 1.93 bits per heavy atom. The first-order chi connectivity index (χ1) is 13.2. The number of hydrogen-bond donors (Lipinski definition) is 1. The Labute approximate surface area is 161 Å². The number of amides is 2. The number of carbonyl (C=O) groups excluding carboxylic acids is 2. The molecule has 0 aromatic heterocycles. The van der Waals surface area contributed by atoms with Crippen molar-refractivity contribution in [3.63, 3.8) is 0 Å². The van der Waals surface area contributed by atoms with Gasteiger partial charge < -0.3 is 15.0 Å². The number of benzene rings is 1. The molecular formula is C20H23F3N2O3. The van der Waals surface area contributed by atoms with Crippen molar-refractivity contribution >= 4 is 12.0 Å². The number of halogens is 3. The zero-order valence-corrected chi connectivity index (χ0v) is 15.6. The summed E-state index contributed by atoms with van der Waals surface area (Å²) >= 11 is 0. The fourth-order valence-corrected chi connectivity index (χ4v) is 4.75. The van der Waals surface area contributed by atoms with Gasteiger partial charge in [-0.2, -0.15) is 13.2 Å². The van der Waals surface area contributed by atoms with E-state index in [1.165, 1.54) is 0 Å². The molecule has 0 bridgehead atoms. The highest BCUT2D eigenvalue weighted by Gasteiger charge is 2.53. The average Bonchev–Trinajstić information content (AvgIpc) is 3.01. The van der Waals surface area contributed by atoms with Crippen LogP contribution in [0.15, 0.2) is 24.3 Å². The van der Waals surface area contributed by atoms with Crippen molar-refractivity contribution in [3.8, 4) is 0 Å². The van der Waals surface area contributed by atoms with E-state index in [0.29, 0.717) is 26.0 Å². The predicted molar refractivity (Wildman–Crippen MR) is 94.5 cm³/mol. The number of likely N-dealkylation sites (tertiary alicyclic amines) is 1. The van der Waals surface area contributed by atoms with Gasteiger partial charge in [0.1, 0.15) is 6.61 Å². The second-order valence-electron chi connectivity index (χ2n) is 8.31. The van der Waals surface area contributed by atoms with E-state index in [4.69, 9.17) is 4.74 Å². The van der Waals surface area contributed by atoms with E-state index in [1.807, 2.05) is 11.8 Å². The average molecular weight is 396 g/mol. The number of nitrogens with one attached hydrogen (secondary N) is 1. The second kappa shape index (κ2) is 6.67. The Bertz CT molecular complexity index is 772. The highest BCUT2D eigenvalue weighted by Crippen LogP contribution is 2.43. The number of piperidine rings is 1. The lowest BCUT2D eigenvalue weighted by Gasteiger charge is -2.46. The number of alkyl carbamates (subject to hydrolysis) is 1. The molecule has 1 spiro atoms. The summed E-state index contributed by atoms with van der Waals surface area (Å²) in [5.41, 5.74) is -0.127. The Hall–Kier alpha value is -2.25. The monoisotopic (exact) mass is 396 g/mol. The molecule has 28 heavy (non-hydrogen) atoms. The summed E-state index contributed by atoms with van der Waals surface area (Å²) in [5, 5.41) is 2.80. The molecule has 5 nitrogen and oxygen atoms in total. The molecule has 2 amide bonds. The number of carbonyl (C=O) groups is 2. The van der Waals surface area contributed by atoms with Gasteiger partial charge in [0.2, 0.25) is 5.91 Å². The largest absolute Gasteiger partial charge is 0.447 e. The quantitative estimate of drug-likeness (QED) is 0.830. The molecule has 0 radical (unpaired) electrons. The van der Waals surface area contributed by atoms with Crippen LogP contribution in [0.4, 0.5) is 18.0 Å². The van der Waals surface area contributed by atoms with Gasteiger partial charge in [0.25, 0.3) is 0 Å². The number of hydrogen-bond acceptors (Lipinski definition) is 3. The summed E-state index contributed by atoms with van der Waals surface area (Å²) < 4.78 is 43.2. The van der Waals surface area contributed by atoms with Gasteiger partial charge in [0.15, 0.2) is 0 Å². The number of cyclic esters (lactones) is 1. The zero-order valence-electron chi connectivity index (χ0n) is 15.6. The minimum Gasteiger partial charge on any atom is -0.447 e. The fourth-order valence-electron chi connectivity index (χ4n) is 4.75. The second-order valence-corrected chi connectivity index (χ2v) is 8.31. The van der Waals surface area contributed by atoms with Crippen LogP contribution in [-0.4, -0.2) is 41.6 Å². The van der Waals surface area contributed by atoms with Gasteiger partial charge in [-0.3, -0.25) is 4.79 Å². The molecule has 3 fully saturated rings. The Kier molecular flexibility index (Phi) is 4.55. The number of ether oxygens (including phenoxy) is 1. The van der Waals surface area contributed by atoms with E-state index < -0.39 is 17.8 Å². The topological polar surface area (TPSA) is 58.6 Å². The van der Waals surface area contributed by atoms with E-state index >= 15 is 0 Å². The van der Waals surface area contributed by atoms with Gasteiger partial charge in [-0.15, -0.1) is 0 Å². The molecule has 2 aliphatic heterocycles. The van der Waals surface area contributed by atoms with E-state index in [1.54, 1.807) is 12.1 Å². The molecule has 1 aromatic carbocycles. The minimum absolute atomic E-state index is 0.0273. The predicted octanol–water partition coefficient (Wildman–Crippen LogP) is 3.69. The molecule has 1 saturated carbocycles. The molecule has 1 N–H and O–H groups in total. The van der Waals surface area contributed by atoms with E-state index in [9.17, 15) is 22.8 Å². The molecular weight excluding hydrogens is 373 g/mol. The third-order valence-electron chi connectivity index (χ3n) is 6.34. The highest BCUT2D eigenvalue weighted by molar-refractivity contribution is 5.82. The van der Waals surface area contributed by atoms with Crippen molar-refractivity contribution in [3.05, 3.63) is 35.4 Å². The first-order valence-corrected chi connectivity index (χ1v) is 9.59. The molecule has 4 rings (SSSR count). The molecule has 1 aromatic rings. The number of alkyl halides is 3. The maximum absolute atomic E-state index is 12.9. The van der Waals surface area contributed by atoms with Crippen LogP contribution in [0.5, 0.6) is 0 Å². The molecule has 2 saturated heterocycles. The van der Waals surface area contributed by atoms with Gasteiger partial charge in [-0.25, -0.2) is 4.79 Å². The zero-order chi connectivity index (χ0) is 20.1. The van der Waals surface area contributed by atoms with Crippen LogP contribution >= 0.6 is 0 Å². The molecule has 1 aliphatic carbocycles. The smallest absolute Gasteiger partial charge is 0.416 e. The summed E-state index contributed by atoms with van der Waals surface area (Å²) in [7, 11) is 0. The maximum Gasteiger partial charge on any atom is 0.416 e. The maximum atomic E-state index is 12.9. The van der Waals surface area contributed by atoms with Crippen molar-refractivity contribution in [1.82, 2.24) is 10.2 Å². The molecule has 0 unspecified atom stereocenters. The lowest BCUT2D eigenvalue weighted by molar-refractivity contribution is -0.144. The lowest BCUT2D eigenvalue weighted by atomic mass is 9.68. The Morgan fingerprint density at radius 3 is 2.46 bits per heavy atom. The van der Waals surface area contributed by atoms with Crippen LogP contribution in [0, 0.1) is 5.92 Å². The molecule has 8 heteroatoms. The highest BCUT2D eigenvalue weighted by atomic mass is 19.4. The normalized spacial score (nSPS) is 32.6. The Morgan fingerprint density at radius 1 is 1.25 bits per heavy atom. The summed E-state index contributed by atoms with van der Waals surface area (Å²) in [6.45, 7) is 2.91. The van der Waals surface area contributed by atoms with E-state index in [0.717, 1.165) is 30.5 Å². The molecule has 2 heterocycles. The molecule has 3 aliphatic rings. The van der Waals surface area contributed by atoms with Crippen LogP contribution < -0.4 is 5.32 Å². The van der Waals surface area contributed by atoms with Crippen LogP contribution in [-0.2, 0) is 15.7 Å². The van der Waals surface area contributed by atoms with Crippen molar-refractivity contribution < 1.29 is 27.5 Å². The van der Waals surface area contributed by atoms with Gasteiger partial charge in [-0.05, 0) is 56.2 Å². The van der Waals surface area contributed by atoms with Gasteiger partial charge >= 0.3 is 12.3 Å². The summed E-state index contributed by atoms with van der Waals surface area (Å²) in [6.07, 6.45) is -2.08. The summed E-state index contributed by atoms with van der Waals surface area (Å²) in [6, 6.07) is 5.39. The van der Waals surface area contributed by atoms with Crippen LogP contribution in [0.1, 0.15) is 49.7 Å². The first-order valence-electron chi connectivity index (χ1n) is 9.59. The van der Waals surface area contributed by atoms with Gasteiger partial charge in [0, 0.05) is 18.5 Å². The number of nitrogens with zero attached hydrogens (tertiary/aromatic N) is 1. The van der Waals surface area contributed by atoms with E-state index in [-0.39, 0.29) is 29.3 Å². The number of rotatable bonds is 2. The summed E-state index contributed by atoms with van der Waals surface area (Å²) in [4.78, 5) is 26.0. The van der Waals surface area contributed by atoms with Gasteiger partial charge in [-0.1, -0.05) is 12.1 Å². The third-order valence-corrected chi connectivity index (χ3v) is 6.34. The van der Waals surface area contributed by atoms with Crippen molar-refractivity contribution in [1.29, 1.82) is 0 Å². The third kappa shape index (κ3) is 3.44. The van der Waals surface area contributed by atoms with Crippen LogP contribution in [0.2, 0.25) is 0 Å². The van der Waals surface area contributed by atoms with E-state index in [2.05, 4.69) is 5.32 Å². The first kappa shape index (κ1) is 19.1. The SMILES string of the molecule is C[C@@H]1C[C@H](c2ccc(C(F)(F)F)cc2)CCN1C(=O)C1CC2(COC(=O)N2)C1.